The number of para-hydroxylation sites is 2. The van der Waals surface area contributed by atoms with Crippen LogP contribution in [0.1, 0.15) is 10.5 Å². The number of nitrogens with zero attached hydrogens (tertiary/aromatic N) is 1. The third kappa shape index (κ3) is 4.11. The number of hydrogen-bond acceptors (Lipinski definition) is 4. The second kappa shape index (κ2) is 7.44. The number of carbonyl (C=O) groups is 1. The highest BCUT2D eigenvalue weighted by atomic mass is 19.1. The summed E-state index contributed by atoms with van der Waals surface area (Å²) >= 11 is 0. The second-order valence-electron chi connectivity index (χ2n) is 5.22. The number of amides is 1. The second-order valence-corrected chi connectivity index (χ2v) is 5.22. The summed E-state index contributed by atoms with van der Waals surface area (Å²) in [5.74, 6) is -0.0599. The van der Waals surface area contributed by atoms with E-state index >= 15 is 0 Å². The Balaban J connectivity index is 1.69. The molecular formula is C19H16FN3O2. The van der Waals surface area contributed by atoms with Crippen molar-refractivity contribution in [1.82, 2.24) is 4.98 Å². The molecular weight excluding hydrogens is 321 g/mol. The lowest BCUT2D eigenvalue weighted by atomic mass is 10.2. The van der Waals surface area contributed by atoms with Crippen molar-refractivity contribution in [2.75, 3.05) is 17.7 Å². The van der Waals surface area contributed by atoms with Crippen LogP contribution in [0.25, 0.3) is 0 Å². The van der Waals surface area contributed by atoms with Gasteiger partial charge in [-0.1, -0.05) is 12.1 Å². The Labute approximate surface area is 144 Å². The first-order valence-electron chi connectivity index (χ1n) is 7.59. The van der Waals surface area contributed by atoms with Crippen LogP contribution < -0.4 is 15.4 Å². The number of benzene rings is 2. The van der Waals surface area contributed by atoms with Crippen LogP contribution in [0.3, 0.4) is 0 Å². The predicted octanol–water partition coefficient (Wildman–Crippen LogP) is 4.23. The summed E-state index contributed by atoms with van der Waals surface area (Å²) in [6.45, 7) is 0. The molecule has 0 saturated carbocycles. The molecule has 0 aliphatic rings. The highest BCUT2D eigenvalue weighted by Gasteiger charge is 2.10. The molecule has 0 saturated heterocycles. The lowest BCUT2D eigenvalue weighted by Crippen LogP contribution is -2.14. The molecule has 1 aromatic heterocycles. The molecule has 0 radical (unpaired) electrons. The molecule has 1 amide bonds. The molecule has 0 aliphatic carbocycles. The van der Waals surface area contributed by atoms with Gasteiger partial charge in [0.25, 0.3) is 5.91 Å². The molecule has 0 unspecified atom stereocenters. The summed E-state index contributed by atoms with van der Waals surface area (Å²) in [5, 5.41) is 5.85. The maximum Gasteiger partial charge on any atom is 0.274 e. The van der Waals surface area contributed by atoms with Crippen molar-refractivity contribution in [2.24, 2.45) is 0 Å². The Bertz CT molecular complexity index is 865. The average Bonchev–Trinajstić information content (AvgIpc) is 2.64. The Hall–Kier alpha value is -3.41. The molecule has 2 N–H and O–H groups in total. The van der Waals surface area contributed by atoms with Crippen molar-refractivity contribution in [2.45, 2.75) is 0 Å². The topological polar surface area (TPSA) is 63.2 Å². The van der Waals surface area contributed by atoms with E-state index in [9.17, 15) is 9.18 Å². The van der Waals surface area contributed by atoms with Gasteiger partial charge in [0.15, 0.2) is 0 Å². The first-order chi connectivity index (χ1) is 12.2. The van der Waals surface area contributed by atoms with Crippen LogP contribution in [0, 0.1) is 5.82 Å². The van der Waals surface area contributed by atoms with E-state index in [2.05, 4.69) is 15.6 Å². The lowest BCUT2D eigenvalue weighted by Gasteiger charge is -2.10. The van der Waals surface area contributed by atoms with E-state index in [1.165, 1.54) is 12.1 Å². The van der Waals surface area contributed by atoms with E-state index in [1.54, 1.807) is 55.8 Å². The summed E-state index contributed by atoms with van der Waals surface area (Å²) in [5.41, 5.74) is 2.27. The van der Waals surface area contributed by atoms with Gasteiger partial charge < -0.3 is 15.4 Å². The van der Waals surface area contributed by atoms with Crippen LogP contribution in [0.4, 0.5) is 21.5 Å². The first-order valence-corrected chi connectivity index (χ1v) is 7.59. The molecule has 3 rings (SSSR count). The Morgan fingerprint density at radius 2 is 1.72 bits per heavy atom. The van der Waals surface area contributed by atoms with Crippen LogP contribution in [0.2, 0.25) is 0 Å². The number of methoxy groups -OCH3 is 1. The molecule has 0 bridgehead atoms. The van der Waals surface area contributed by atoms with Crippen molar-refractivity contribution in [1.29, 1.82) is 0 Å². The number of carbonyl (C=O) groups excluding carboxylic acids is 1. The third-order valence-electron chi connectivity index (χ3n) is 3.48. The fourth-order valence-electron chi connectivity index (χ4n) is 2.24. The van der Waals surface area contributed by atoms with E-state index in [4.69, 9.17) is 4.74 Å². The predicted molar refractivity (Wildman–Crippen MR) is 94.9 cm³/mol. The zero-order valence-electron chi connectivity index (χ0n) is 13.5. The fraction of sp³-hybridized carbons (Fsp3) is 0.0526. The molecule has 5 nitrogen and oxygen atoms in total. The summed E-state index contributed by atoms with van der Waals surface area (Å²) in [6, 6.07) is 16.5. The van der Waals surface area contributed by atoms with Gasteiger partial charge in [-0.2, -0.15) is 0 Å². The Kier molecular flexibility index (Phi) is 4.89. The van der Waals surface area contributed by atoms with Gasteiger partial charge in [0.2, 0.25) is 0 Å². The highest BCUT2D eigenvalue weighted by molar-refractivity contribution is 6.03. The SMILES string of the molecule is COc1ccccc1NC(=O)c1ccc(Nc2ccc(F)cc2)cn1. The standard InChI is InChI=1S/C19H16FN3O2/c1-25-18-5-3-2-4-16(18)23-19(24)17-11-10-15(12-21-17)22-14-8-6-13(20)7-9-14/h2-12,22H,1H3,(H,23,24). The Morgan fingerprint density at radius 1 is 1.00 bits per heavy atom. The average molecular weight is 337 g/mol. The van der Waals surface area contributed by atoms with Crippen molar-refractivity contribution in [3.63, 3.8) is 0 Å². The molecule has 126 valence electrons. The summed E-state index contributed by atoms with van der Waals surface area (Å²) in [7, 11) is 1.54. The number of halogens is 1. The third-order valence-corrected chi connectivity index (χ3v) is 3.48. The van der Waals surface area contributed by atoms with Gasteiger partial charge >= 0.3 is 0 Å². The largest absolute Gasteiger partial charge is 0.495 e. The van der Waals surface area contributed by atoms with Crippen LogP contribution in [0.15, 0.2) is 66.9 Å². The van der Waals surface area contributed by atoms with Crippen molar-refractivity contribution in [3.05, 3.63) is 78.4 Å². The van der Waals surface area contributed by atoms with Gasteiger partial charge in [-0.25, -0.2) is 9.37 Å². The van der Waals surface area contributed by atoms with Gasteiger partial charge in [0.1, 0.15) is 17.3 Å². The van der Waals surface area contributed by atoms with Gasteiger partial charge in [-0.3, -0.25) is 4.79 Å². The highest BCUT2D eigenvalue weighted by Crippen LogP contribution is 2.23. The minimum absolute atomic E-state index is 0.274. The van der Waals surface area contributed by atoms with E-state index in [0.717, 1.165) is 5.69 Å². The molecule has 3 aromatic rings. The number of rotatable bonds is 5. The van der Waals surface area contributed by atoms with Crippen molar-refractivity contribution >= 4 is 23.0 Å². The molecule has 0 fully saturated rings. The van der Waals surface area contributed by atoms with Crippen molar-refractivity contribution < 1.29 is 13.9 Å². The van der Waals surface area contributed by atoms with Gasteiger partial charge in [0, 0.05) is 5.69 Å². The number of pyridine rings is 1. The maximum atomic E-state index is 12.9. The van der Waals surface area contributed by atoms with E-state index < -0.39 is 0 Å². The van der Waals surface area contributed by atoms with Crippen molar-refractivity contribution in [3.8, 4) is 5.75 Å². The molecule has 2 aromatic carbocycles. The van der Waals surface area contributed by atoms with Crippen LogP contribution in [0.5, 0.6) is 5.75 Å². The zero-order chi connectivity index (χ0) is 17.6. The van der Waals surface area contributed by atoms with Crippen LogP contribution in [-0.2, 0) is 0 Å². The number of anilines is 3. The van der Waals surface area contributed by atoms with E-state index in [1.807, 2.05) is 6.07 Å². The summed E-state index contributed by atoms with van der Waals surface area (Å²) in [6.07, 6.45) is 1.54. The molecule has 1 heterocycles. The summed E-state index contributed by atoms with van der Waals surface area (Å²) < 4.78 is 18.1. The zero-order valence-corrected chi connectivity index (χ0v) is 13.5. The quantitative estimate of drug-likeness (QED) is 0.731. The normalized spacial score (nSPS) is 10.2. The molecule has 0 atom stereocenters. The molecule has 6 heteroatoms. The lowest BCUT2D eigenvalue weighted by molar-refractivity contribution is 0.102. The number of nitrogens with one attached hydrogen (secondary N) is 2. The minimum atomic E-state index is -0.335. The van der Waals surface area contributed by atoms with Gasteiger partial charge in [-0.15, -0.1) is 0 Å². The van der Waals surface area contributed by atoms with E-state index in [-0.39, 0.29) is 17.4 Å². The Morgan fingerprint density at radius 3 is 2.40 bits per heavy atom. The number of aromatic nitrogens is 1. The monoisotopic (exact) mass is 337 g/mol. The molecule has 0 aliphatic heterocycles. The van der Waals surface area contributed by atoms with Crippen LogP contribution >= 0.6 is 0 Å². The number of hydrogen-bond donors (Lipinski definition) is 2. The van der Waals surface area contributed by atoms with Gasteiger partial charge in [-0.05, 0) is 48.5 Å². The maximum absolute atomic E-state index is 12.9. The van der Waals surface area contributed by atoms with E-state index in [0.29, 0.717) is 17.1 Å². The minimum Gasteiger partial charge on any atom is -0.495 e. The summed E-state index contributed by atoms with van der Waals surface area (Å²) in [4.78, 5) is 16.5. The molecule has 0 spiro atoms. The smallest absolute Gasteiger partial charge is 0.274 e. The number of ether oxygens (including phenoxy) is 1. The fourth-order valence-corrected chi connectivity index (χ4v) is 2.24. The molecule has 25 heavy (non-hydrogen) atoms. The van der Waals surface area contributed by atoms with Gasteiger partial charge in [0.05, 0.1) is 24.7 Å². The first kappa shape index (κ1) is 16.4. The van der Waals surface area contributed by atoms with Crippen LogP contribution in [-0.4, -0.2) is 18.0 Å².